The van der Waals surface area contributed by atoms with Crippen LogP contribution in [0.4, 0.5) is 0 Å². The molecule has 70 heavy (non-hydrogen) atoms. The van der Waals surface area contributed by atoms with E-state index in [0.717, 1.165) is 35.6 Å². The first-order chi connectivity index (χ1) is 34.7. The summed E-state index contributed by atoms with van der Waals surface area (Å²) in [6.45, 7) is 0. The molecule has 4 heteroatoms. The minimum absolute atomic E-state index is 0.943. The quantitative estimate of drug-likeness (QED) is 0.158. The molecule has 14 aromatic rings. The first kappa shape index (κ1) is 38.9. The summed E-state index contributed by atoms with van der Waals surface area (Å²) in [5, 5.41) is 8.80. The SMILES string of the molecule is C1=C(c2ccccc2)CCc2c1c1cc3c4ccccc4n(-c4ccccc4)c3cc1n2-c1ccc(-n2c3ccc(-c4ccccc4)cc3c3cc4c5ccccc5n(-c5ccccc5)c4cc32)cc1. The topological polar surface area (TPSA) is 19.7 Å². The molecule has 0 amide bonds. The molecule has 1 aliphatic carbocycles. The minimum Gasteiger partial charge on any atom is -0.313 e. The molecule has 4 nitrogen and oxygen atoms in total. The minimum atomic E-state index is 0.943. The number of hydrogen-bond acceptors (Lipinski definition) is 0. The number of aromatic nitrogens is 4. The van der Waals surface area contributed by atoms with E-state index in [1.165, 1.54) is 110 Å². The second kappa shape index (κ2) is 15.2. The normalized spacial score (nSPS) is 12.8. The van der Waals surface area contributed by atoms with Gasteiger partial charge in [-0.25, -0.2) is 0 Å². The van der Waals surface area contributed by atoms with E-state index in [1.54, 1.807) is 0 Å². The Kier molecular flexibility index (Phi) is 8.45. The van der Waals surface area contributed by atoms with E-state index in [4.69, 9.17) is 0 Å². The van der Waals surface area contributed by atoms with Crippen LogP contribution in [0.1, 0.15) is 23.2 Å². The van der Waals surface area contributed by atoms with Crippen molar-refractivity contribution in [3.05, 3.63) is 253 Å². The Morgan fingerprint density at radius 3 is 1.23 bits per heavy atom. The molecule has 0 N–H and O–H groups in total. The van der Waals surface area contributed by atoms with Crippen molar-refractivity contribution >= 4 is 88.0 Å². The predicted molar refractivity (Wildman–Crippen MR) is 294 cm³/mol. The Labute approximate surface area is 404 Å². The molecule has 0 bridgehead atoms. The van der Waals surface area contributed by atoms with Gasteiger partial charge in [0.05, 0.1) is 38.6 Å². The molecule has 0 atom stereocenters. The third kappa shape index (κ3) is 5.77. The van der Waals surface area contributed by atoms with Gasteiger partial charge in [0.1, 0.15) is 0 Å². The van der Waals surface area contributed by atoms with Crippen LogP contribution < -0.4 is 0 Å². The molecule has 0 radical (unpaired) electrons. The summed E-state index contributed by atoms with van der Waals surface area (Å²) in [7, 11) is 0. The Hall–Kier alpha value is -9.12. The molecular formula is C66H44N4. The Morgan fingerprint density at radius 2 is 0.657 bits per heavy atom. The van der Waals surface area contributed by atoms with Crippen LogP contribution in [0, 0.1) is 0 Å². The highest BCUT2D eigenvalue weighted by Gasteiger charge is 2.25. The average molecular weight is 893 g/mol. The van der Waals surface area contributed by atoms with Gasteiger partial charge in [-0.15, -0.1) is 0 Å². The lowest BCUT2D eigenvalue weighted by Crippen LogP contribution is -2.05. The van der Waals surface area contributed by atoms with Gasteiger partial charge >= 0.3 is 0 Å². The maximum Gasteiger partial charge on any atom is 0.0562 e. The molecule has 0 aliphatic heterocycles. The third-order valence-corrected chi connectivity index (χ3v) is 15.1. The summed E-state index contributed by atoms with van der Waals surface area (Å²) in [4.78, 5) is 0. The number of rotatable bonds is 6. The fourth-order valence-corrected chi connectivity index (χ4v) is 11.9. The zero-order valence-corrected chi connectivity index (χ0v) is 38.3. The summed E-state index contributed by atoms with van der Waals surface area (Å²) in [5.41, 5.74) is 20.8. The van der Waals surface area contributed by atoms with Crippen LogP contribution in [0.2, 0.25) is 0 Å². The monoisotopic (exact) mass is 892 g/mol. The maximum absolute atomic E-state index is 2.55. The van der Waals surface area contributed by atoms with E-state index in [9.17, 15) is 0 Å². The van der Waals surface area contributed by atoms with Gasteiger partial charge in [0.25, 0.3) is 0 Å². The van der Waals surface area contributed by atoms with Gasteiger partial charge in [0.2, 0.25) is 0 Å². The van der Waals surface area contributed by atoms with Crippen molar-refractivity contribution in [3.63, 3.8) is 0 Å². The molecule has 0 saturated heterocycles. The highest BCUT2D eigenvalue weighted by atomic mass is 15.0. The van der Waals surface area contributed by atoms with Gasteiger partial charge in [-0.1, -0.05) is 140 Å². The van der Waals surface area contributed by atoms with Crippen molar-refractivity contribution in [2.75, 3.05) is 0 Å². The van der Waals surface area contributed by atoms with E-state index in [2.05, 4.69) is 261 Å². The summed E-state index contributed by atoms with van der Waals surface area (Å²) in [6, 6.07) is 87.1. The Bertz CT molecular complexity index is 4410. The molecule has 10 aromatic carbocycles. The van der Waals surface area contributed by atoms with Crippen molar-refractivity contribution < 1.29 is 0 Å². The van der Waals surface area contributed by atoms with E-state index in [-0.39, 0.29) is 0 Å². The molecule has 15 rings (SSSR count). The fourth-order valence-electron chi connectivity index (χ4n) is 11.9. The summed E-state index contributed by atoms with van der Waals surface area (Å²) in [5.74, 6) is 0. The second-order valence-corrected chi connectivity index (χ2v) is 18.8. The van der Waals surface area contributed by atoms with Crippen LogP contribution in [-0.2, 0) is 6.42 Å². The molecular weight excluding hydrogens is 849 g/mol. The van der Waals surface area contributed by atoms with Crippen LogP contribution in [0.25, 0.3) is 122 Å². The lowest BCUT2D eigenvalue weighted by molar-refractivity contribution is 0.897. The largest absolute Gasteiger partial charge is 0.313 e. The Morgan fingerprint density at radius 1 is 0.243 bits per heavy atom. The molecule has 0 spiro atoms. The molecule has 0 fully saturated rings. The van der Waals surface area contributed by atoms with Crippen LogP contribution in [0.3, 0.4) is 0 Å². The highest BCUT2D eigenvalue weighted by Crippen LogP contribution is 2.44. The molecule has 0 unspecified atom stereocenters. The predicted octanol–water partition coefficient (Wildman–Crippen LogP) is 17.1. The lowest BCUT2D eigenvalue weighted by atomic mass is 9.91. The van der Waals surface area contributed by atoms with Gasteiger partial charge in [-0.2, -0.15) is 0 Å². The number of nitrogens with zero attached hydrogens (tertiary/aromatic N) is 4. The zero-order chi connectivity index (χ0) is 45.9. The van der Waals surface area contributed by atoms with E-state index in [0.29, 0.717) is 0 Å². The summed E-state index contributed by atoms with van der Waals surface area (Å²) in [6.07, 6.45) is 4.39. The fraction of sp³-hybridized carbons (Fsp3) is 0.0303. The van der Waals surface area contributed by atoms with Gasteiger partial charge in [0, 0.05) is 71.7 Å². The van der Waals surface area contributed by atoms with E-state index >= 15 is 0 Å². The number of fused-ring (bicyclic) bond motifs is 12. The second-order valence-electron chi connectivity index (χ2n) is 18.8. The summed E-state index contributed by atoms with van der Waals surface area (Å²) < 4.78 is 9.90. The van der Waals surface area contributed by atoms with Crippen LogP contribution in [-0.4, -0.2) is 18.3 Å². The summed E-state index contributed by atoms with van der Waals surface area (Å²) >= 11 is 0. The molecule has 4 heterocycles. The molecule has 328 valence electrons. The highest BCUT2D eigenvalue weighted by molar-refractivity contribution is 6.20. The first-order valence-corrected chi connectivity index (χ1v) is 24.4. The van der Waals surface area contributed by atoms with Crippen molar-refractivity contribution in [3.8, 4) is 33.9 Å². The molecule has 4 aromatic heterocycles. The third-order valence-electron chi connectivity index (χ3n) is 15.1. The number of hydrogen-bond donors (Lipinski definition) is 0. The van der Waals surface area contributed by atoms with Crippen LogP contribution in [0.5, 0.6) is 0 Å². The number of benzene rings is 10. The van der Waals surface area contributed by atoms with Crippen molar-refractivity contribution in [1.82, 2.24) is 18.3 Å². The molecule has 0 saturated carbocycles. The van der Waals surface area contributed by atoms with E-state index < -0.39 is 0 Å². The Balaban J connectivity index is 0.972. The number of para-hydroxylation sites is 4. The first-order valence-electron chi connectivity index (χ1n) is 24.4. The standard InChI is InChI=1S/C66H44N4/c1-5-17-43(18-6-1)45-29-35-61-53(37-45)57-39-55-51-25-13-15-27-59(51)67(47-21-9-3-10-22-47)63(55)41-65(57)69(61)49-31-33-50(34-32-49)70-62-36-30-46(44-19-7-2-8-20-44)38-54(62)58-40-56-52-26-14-16-28-60(52)68(64(56)42-66(58)70)48-23-11-4-12-24-48/h1-29,31-35,37-42H,30,36H2. The smallest absolute Gasteiger partial charge is 0.0562 e. The van der Waals surface area contributed by atoms with Crippen LogP contribution in [0.15, 0.2) is 237 Å². The van der Waals surface area contributed by atoms with Gasteiger partial charge in [-0.05, 0) is 138 Å². The van der Waals surface area contributed by atoms with Gasteiger partial charge in [-0.3, -0.25) is 0 Å². The van der Waals surface area contributed by atoms with Gasteiger partial charge in [0.15, 0.2) is 0 Å². The van der Waals surface area contributed by atoms with E-state index in [1.807, 2.05) is 0 Å². The van der Waals surface area contributed by atoms with Crippen molar-refractivity contribution in [2.45, 2.75) is 12.8 Å². The average Bonchev–Trinajstić information content (AvgIpc) is 4.14. The maximum atomic E-state index is 2.55. The van der Waals surface area contributed by atoms with Crippen molar-refractivity contribution in [2.24, 2.45) is 0 Å². The number of allylic oxidation sites excluding steroid dienone is 1. The van der Waals surface area contributed by atoms with Crippen molar-refractivity contribution in [1.29, 1.82) is 0 Å². The van der Waals surface area contributed by atoms with Crippen LogP contribution >= 0.6 is 0 Å². The molecule has 1 aliphatic rings. The lowest BCUT2D eigenvalue weighted by Gasteiger charge is -2.18. The van der Waals surface area contributed by atoms with Gasteiger partial charge < -0.3 is 18.3 Å². The zero-order valence-electron chi connectivity index (χ0n) is 38.3.